The Morgan fingerprint density at radius 2 is 1.15 bits per heavy atom. The molecule has 0 N–H and O–H groups in total. The summed E-state index contributed by atoms with van der Waals surface area (Å²) in [5.74, 6) is 0.0718. The molecule has 0 unspecified atom stereocenters. The van der Waals surface area contributed by atoms with Crippen LogP contribution in [0.5, 0.6) is 5.75 Å². The molecule has 1 aromatic carbocycles. The van der Waals surface area contributed by atoms with Crippen LogP contribution in [-0.4, -0.2) is 19.8 Å². The van der Waals surface area contributed by atoms with E-state index >= 15 is 0 Å². The molecule has 1 aromatic rings. The van der Waals surface area contributed by atoms with E-state index < -0.39 is 19.8 Å². The number of rotatable bonds is 9. The fraction of sp³-hybridized carbons (Fsp3) is 0.667. The molecule has 2 heteroatoms. The third-order valence-corrected chi connectivity index (χ3v) is 12.5. The first-order chi connectivity index (χ1) is 9.74. The van der Waals surface area contributed by atoms with Crippen LogP contribution >= 0.6 is 0 Å². The second-order valence-corrected chi connectivity index (χ2v) is 13.9. The molecule has 0 saturated carbocycles. The minimum Gasteiger partial charge on any atom is -0.872 e. The van der Waals surface area contributed by atoms with Crippen molar-refractivity contribution in [2.75, 3.05) is 0 Å². The molecule has 114 valence electrons. The van der Waals surface area contributed by atoms with Crippen LogP contribution in [0.25, 0.3) is 0 Å². The molecule has 0 aliphatic heterocycles. The molecule has 0 atom stereocenters. The Morgan fingerprint density at radius 3 is 1.40 bits per heavy atom. The number of para-hydroxylation sites is 1. The minimum atomic E-state index is -0.839. The normalized spacial score (nSPS) is 9.75. The fourth-order valence-corrected chi connectivity index (χ4v) is 11.5. The molecular weight excluding hydrogens is 351 g/mol. The third kappa shape index (κ3) is 12.8. The molecule has 0 fully saturated rings. The Balaban J connectivity index is 0.000000428. The van der Waals surface area contributed by atoms with E-state index in [1.807, 2.05) is 6.07 Å². The average Bonchev–Trinajstić information content (AvgIpc) is 2.48. The van der Waals surface area contributed by atoms with E-state index in [4.69, 9.17) is 0 Å². The van der Waals surface area contributed by atoms with Gasteiger partial charge in [-0.2, -0.15) is 0 Å². The summed E-state index contributed by atoms with van der Waals surface area (Å²) >= 11 is -0.839. The van der Waals surface area contributed by atoms with Gasteiger partial charge in [-0.3, -0.25) is 0 Å². The molecule has 0 spiro atoms. The Hall–Kier alpha value is -0.181. The zero-order chi connectivity index (χ0) is 15.1. The Labute approximate surface area is 133 Å². The van der Waals surface area contributed by atoms with E-state index in [9.17, 15) is 5.11 Å². The van der Waals surface area contributed by atoms with Crippen LogP contribution in [0.2, 0.25) is 13.3 Å². The Kier molecular flexibility index (Phi) is 15.1. The van der Waals surface area contributed by atoms with Crippen molar-refractivity contribution in [3.63, 3.8) is 0 Å². The van der Waals surface area contributed by atoms with Gasteiger partial charge in [0, 0.05) is 0 Å². The zero-order valence-electron chi connectivity index (χ0n) is 13.7. The predicted octanol–water partition coefficient (Wildman–Crippen LogP) is 5.64. The van der Waals surface area contributed by atoms with E-state index in [2.05, 4.69) is 20.8 Å². The van der Waals surface area contributed by atoms with Crippen LogP contribution in [0.4, 0.5) is 0 Å². The van der Waals surface area contributed by atoms with Crippen molar-refractivity contribution in [2.45, 2.75) is 72.6 Å². The van der Waals surface area contributed by atoms with Crippen molar-refractivity contribution in [1.82, 2.24) is 0 Å². The van der Waals surface area contributed by atoms with Crippen LogP contribution in [0, 0.1) is 0 Å². The predicted molar refractivity (Wildman–Crippen MR) is 90.8 cm³/mol. The Bertz CT molecular complexity index is 268. The molecule has 1 nitrogen and oxygen atoms in total. The number of hydrogen-bond acceptors (Lipinski definition) is 1. The zero-order valence-corrected chi connectivity index (χ0v) is 16.5. The van der Waals surface area contributed by atoms with Gasteiger partial charge >= 0.3 is 92.4 Å². The first-order valence-corrected chi connectivity index (χ1v) is 14.4. The maximum Gasteiger partial charge on any atom is -0.0623 e. The topological polar surface area (TPSA) is 23.1 Å². The van der Waals surface area contributed by atoms with Crippen LogP contribution in [0.3, 0.4) is 0 Å². The maximum absolute atomic E-state index is 10.3. The van der Waals surface area contributed by atoms with Gasteiger partial charge in [0.2, 0.25) is 0 Å². The molecule has 1 rings (SSSR count). The van der Waals surface area contributed by atoms with E-state index in [-0.39, 0.29) is 5.75 Å². The van der Waals surface area contributed by atoms with Crippen molar-refractivity contribution in [1.29, 1.82) is 0 Å². The SMILES string of the molecule is CCC[CH2][Sn+]([CH2]CCC)[CH2]CCC.[O-]c1ccccc1. The second kappa shape index (κ2) is 15.2. The summed E-state index contributed by atoms with van der Waals surface area (Å²) in [5, 5.41) is 10.3. The number of unbranched alkanes of at least 4 members (excludes halogenated alkanes) is 3. The number of hydrogen-bond donors (Lipinski definition) is 0. The summed E-state index contributed by atoms with van der Waals surface area (Å²) in [6.07, 6.45) is 8.85. The van der Waals surface area contributed by atoms with Gasteiger partial charge in [-0.1, -0.05) is 30.3 Å². The molecule has 0 radical (unpaired) electrons. The van der Waals surface area contributed by atoms with Gasteiger partial charge in [-0.25, -0.2) is 0 Å². The molecule has 0 aromatic heterocycles. The van der Waals surface area contributed by atoms with Crippen molar-refractivity contribution in [2.24, 2.45) is 0 Å². The Morgan fingerprint density at radius 1 is 0.750 bits per heavy atom. The van der Waals surface area contributed by atoms with Crippen molar-refractivity contribution >= 4 is 19.8 Å². The standard InChI is InChI=1S/C6H6O.3C4H9.Sn/c7-6-4-2-1-3-5-6;3*1-3-4-2;/h1-5,7H;3*1,3-4H2,2H3;/q;;;;+1/p-1. The van der Waals surface area contributed by atoms with Crippen LogP contribution < -0.4 is 5.11 Å². The molecular formula is C18H32OSn. The van der Waals surface area contributed by atoms with E-state index in [0.29, 0.717) is 0 Å². The van der Waals surface area contributed by atoms with Gasteiger partial charge in [0.15, 0.2) is 0 Å². The van der Waals surface area contributed by atoms with Crippen molar-refractivity contribution in [3.05, 3.63) is 30.3 Å². The molecule has 0 bridgehead atoms. The third-order valence-electron chi connectivity index (χ3n) is 3.39. The first-order valence-electron chi connectivity index (χ1n) is 8.30. The van der Waals surface area contributed by atoms with Crippen molar-refractivity contribution < 1.29 is 5.11 Å². The largest absolute Gasteiger partial charge is 0.872 e. The van der Waals surface area contributed by atoms with Gasteiger partial charge in [0.25, 0.3) is 0 Å². The van der Waals surface area contributed by atoms with Gasteiger partial charge in [-0.05, 0) is 0 Å². The summed E-state index contributed by atoms with van der Waals surface area (Å²) < 4.78 is 5.04. The van der Waals surface area contributed by atoms with Crippen LogP contribution in [0.15, 0.2) is 30.3 Å². The molecule has 0 aliphatic carbocycles. The van der Waals surface area contributed by atoms with E-state index in [1.54, 1.807) is 25.4 Å². The molecule has 0 aliphatic rings. The summed E-state index contributed by atoms with van der Waals surface area (Å²) in [6, 6.07) is 8.33. The summed E-state index contributed by atoms with van der Waals surface area (Å²) in [5.41, 5.74) is 0. The molecule has 0 saturated heterocycles. The fourth-order valence-electron chi connectivity index (χ4n) is 2.08. The van der Waals surface area contributed by atoms with E-state index in [0.717, 1.165) is 0 Å². The van der Waals surface area contributed by atoms with Crippen molar-refractivity contribution in [3.8, 4) is 5.75 Å². The minimum absolute atomic E-state index is 0.0718. The molecule has 0 amide bonds. The monoisotopic (exact) mass is 384 g/mol. The van der Waals surface area contributed by atoms with Gasteiger partial charge in [0.05, 0.1) is 0 Å². The second-order valence-electron chi connectivity index (χ2n) is 5.37. The molecule has 0 heterocycles. The quantitative estimate of drug-likeness (QED) is 0.506. The molecule has 20 heavy (non-hydrogen) atoms. The van der Waals surface area contributed by atoms with Gasteiger partial charge < -0.3 is 5.11 Å². The summed E-state index contributed by atoms with van der Waals surface area (Å²) in [6.45, 7) is 7.00. The first kappa shape index (κ1) is 19.8. The maximum atomic E-state index is 10.3. The van der Waals surface area contributed by atoms with Crippen LogP contribution in [-0.2, 0) is 0 Å². The average molecular weight is 383 g/mol. The number of benzene rings is 1. The van der Waals surface area contributed by atoms with Crippen LogP contribution in [0.1, 0.15) is 59.3 Å². The summed E-state index contributed by atoms with van der Waals surface area (Å²) in [4.78, 5) is 0. The smallest absolute Gasteiger partial charge is 0.0623 e. The van der Waals surface area contributed by atoms with Gasteiger partial charge in [-0.15, -0.1) is 5.75 Å². The van der Waals surface area contributed by atoms with Gasteiger partial charge in [0.1, 0.15) is 0 Å². The summed E-state index contributed by atoms with van der Waals surface area (Å²) in [7, 11) is 0. The van der Waals surface area contributed by atoms with E-state index in [1.165, 1.54) is 50.7 Å².